The molecule has 2 fully saturated rings. The van der Waals surface area contributed by atoms with Gasteiger partial charge in [0, 0.05) is 11.5 Å². The Balaban J connectivity index is 1.82. The maximum Gasteiger partial charge on any atom is 0.335 e. The van der Waals surface area contributed by atoms with Gasteiger partial charge in [-0.15, -0.1) is 0 Å². The predicted molar refractivity (Wildman–Crippen MR) is 134 cm³/mol. The van der Waals surface area contributed by atoms with Gasteiger partial charge in [-0.1, -0.05) is 19.7 Å². The normalized spacial score (nSPS) is 24.9. The lowest BCUT2D eigenvalue weighted by Gasteiger charge is -2.39. The molecule has 6 nitrogen and oxygen atoms in total. The van der Waals surface area contributed by atoms with E-state index in [1.54, 1.807) is 0 Å². The van der Waals surface area contributed by atoms with E-state index >= 15 is 0 Å². The molecule has 0 amide bonds. The molecule has 0 aliphatic heterocycles. The zero-order valence-electron chi connectivity index (χ0n) is 21.3. The van der Waals surface area contributed by atoms with Gasteiger partial charge in [-0.3, -0.25) is 0 Å². The summed E-state index contributed by atoms with van der Waals surface area (Å²) in [5.74, 6) is 1.29. The Labute approximate surface area is 213 Å². The molecule has 0 spiro atoms. The lowest BCUT2D eigenvalue weighted by atomic mass is 9.68. The molecule has 8 heteroatoms. The minimum Gasteiger partial charge on any atom is -0.493 e. The molecule has 0 aromatic heterocycles. The second-order valence-corrected chi connectivity index (χ2v) is 9.98. The van der Waals surface area contributed by atoms with Crippen LogP contribution in [-0.4, -0.2) is 55.3 Å². The zero-order valence-corrected chi connectivity index (χ0v) is 21.3. The van der Waals surface area contributed by atoms with Crippen molar-refractivity contribution in [2.24, 2.45) is 23.7 Å². The van der Waals surface area contributed by atoms with Crippen molar-refractivity contribution in [2.45, 2.75) is 63.9 Å². The lowest BCUT2D eigenvalue weighted by Crippen LogP contribution is -2.33. The molecule has 1 atom stereocenters. The smallest absolute Gasteiger partial charge is 0.335 e. The number of rotatable bonds is 15. The molecule has 36 heavy (non-hydrogen) atoms. The fourth-order valence-electron chi connectivity index (χ4n) is 5.28. The van der Waals surface area contributed by atoms with Gasteiger partial charge in [0.15, 0.2) is 0 Å². The largest absolute Gasteiger partial charge is 0.493 e. The van der Waals surface area contributed by atoms with Crippen LogP contribution in [0.5, 0.6) is 0 Å². The van der Waals surface area contributed by atoms with Gasteiger partial charge in [0.25, 0.3) is 6.08 Å². The molecule has 0 bridgehead atoms. The fourth-order valence-corrected chi connectivity index (χ4v) is 5.28. The van der Waals surface area contributed by atoms with Crippen molar-refractivity contribution in [1.29, 1.82) is 0 Å². The van der Waals surface area contributed by atoms with E-state index < -0.39 is 18.7 Å². The van der Waals surface area contributed by atoms with Gasteiger partial charge < -0.3 is 24.4 Å². The van der Waals surface area contributed by atoms with Gasteiger partial charge in [0.05, 0.1) is 44.7 Å². The summed E-state index contributed by atoms with van der Waals surface area (Å²) in [5, 5.41) is 18.4. The van der Waals surface area contributed by atoms with Crippen molar-refractivity contribution in [2.75, 3.05) is 33.0 Å². The molecule has 2 N–H and O–H groups in total. The number of ether oxygens (including phenoxy) is 3. The summed E-state index contributed by atoms with van der Waals surface area (Å²) in [6, 6.07) is 0. The average Bonchev–Trinajstić information content (AvgIpc) is 2.90. The Morgan fingerprint density at radius 2 is 1.42 bits per heavy atom. The number of hydrogen-bond acceptors (Lipinski definition) is 6. The molecule has 0 radical (unpaired) electrons. The van der Waals surface area contributed by atoms with Crippen molar-refractivity contribution in [3.63, 3.8) is 0 Å². The predicted octanol–water partition coefficient (Wildman–Crippen LogP) is 5.33. The molecule has 2 rings (SSSR count). The Morgan fingerprint density at radius 3 is 1.97 bits per heavy atom. The van der Waals surface area contributed by atoms with Gasteiger partial charge in [0.2, 0.25) is 0 Å². The van der Waals surface area contributed by atoms with Crippen LogP contribution in [0.3, 0.4) is 0 Å². The number of halogens is 2. The van der Waals surface area contributed by atoms with Crippen molar-refractivity contribution in [3.05, 3.63) is 48.8 Å². The van der Waals surface area contributed by atoms with Gasteiger partial charge in [0.1, 0.15) is 5.76 Å². The molecule has 0 aromatic rings. The van der Waals surface area contributed by atoms with Crippen LogP contribution in [0.25, 0.3) is 0 Å². The van der Waals surface area contributed by atoms with Crippen LogP contribution in [0.15, 0.2) is 48.8 Å². The average molecular weight is 513 g/mol. The highest BCUT2D eigenvalue weighted by Crippen LogP contribution is 2.42. The van der Waals surface area contributed by atoms with Gasteiger partial charge in [-0.25, -0.2) is 4.79 Å². The van der Waals surface area contributed by atoms with Crippen LogP contribution in [0.1, 0.15) is 57.8 Å². The first-order valence-corrected chi connectivity index (χ1v) is 12.9. The number of carbonyl (C=O) groups excluding carboxylic acids is 1. The summed E-state index contributed by atoms with van der Waals surface area (Å²) < 4.78 is 41.2. The first-order valence-electron chi connectivity index (χ1n) is 12.9. The third-order valence-electron chi connectivity index (χ3n) is 7.60. The molecule has 2 aliphatic carbocycles. The quantitative estimate of drug-likeness (QED) is 0.102. The van der Waals surface area contributed by atoms with Crippen molar-refractivity contribution in [1.82, 2.24) is 0 Å². The molecule has 204 valence electrons. The molecule has 2 saturated carbocycles. The minimum absolute atomic E-state index is 0.0158. The van der Waals surface area contributed by atoms with E-state index in [0.717, 1.165) is 57.4 Å². The van der Waals surface area contributed by atoms with E-state index in [4.69, 9.17) is 19.3 Å². The molecule has 1 unspecified atom stereocenters. The maximum atomic E-state index is 12.1. The Bertz CT molecular complexity index is 728. The third-order valence-corrected chi connectivity index (χ3v) is 7.60. The van der Waals surface area contributed by atoms with E-state index in [0.29, 0.717) is 42.3 Å². The lowest BCUT2D eigenvalue weighted by molar-refractivity contribution is -0.142. The molecular formula is C28H42F2O6. The van der Waals surface area contributed by atoms with E-state index in [-0.39, 0.29) is 37.2 Å². The van der Waals surface area contributed by atoms with Gasteiger partial charge >= 0.3 is 5.97 Å². The third kappa shape index (κ3) is 10.1. The second kappa shape index (κ2) is 15.9. The molecule has 0 aromatic carbocycles. The molecule has 0 heterocycles. The first kappa shape index (κ1) is 30.2. The Hall–Kier alpha value is -2.03. The van der Waals surface area contributed by atoms with Crippen LogP contribution in [0.2, 0.25) is 0 Å². The first-order chi connectivity index (χ1) is 17.2. The summed E-state index contributed by atoms with van der Waals surface area (Å²) in [7, 11) is 0. The van der Waals surface area contributed by atoms with Crippen molar-refractivity contribution < 1.29 is 38.0 Å². The van der Waals surface area contributed by atoms with Gasteiger partial charge in [-0.05, 0) is 81.6 Å². The number of aliphatic hydroxyl groups is 2. The van der Waals surface area contributed by atoms with Crippen molar-refractivity contribution in [3.8, 4) is 0 Å². The number of carbonyl (C=O) groups is 1. The van der Waals surface area contributed by atoms with E-state index in [2.05, 4.69) is 19.7 Å². The summed E-state index contributed by atoms with van der Waals surface area (Å²) in [6.45, 7) is 11.2. The number of esters is 1. The fraction of sp³-hybridized carbons (Fsp3) is 0.679. The van der Waals surface area contributed by atoms with E-state index in [1.165, 1.54) is 0 Å². The van der Waals surface area contributed by atoms with Gasteiger partial charge in [-0.2, -0.15) is 8.78 Å². The van der Waals surface area contributed by atoms with Crippen molar-refractivity contribution >= 4 is 5.97 Å². The summed E-state index contributed by atoms with van der Waals surface area (Å²) in [5.41, 5.74) is 0.427. The van der Waals surface area contributed by atoms with Crippen LogP contribution in [0, 0.1) is 23.7 Å². The monoisotopic (exact) mass is 512 g/mol. The van der Waals surface area contributed by atoms with Crippen LogP contribution in [0.4, 0.5) is 8.78 Å². The van der Waals surface area contributed by atoms with Crippen LogP contribution >= 0.6 is 0 Å². The van der Waals surface area contributed by atoms with Crippen LogP contribution < -0.4 is 0 Å². The minimum atomic E-state index is -1.65. The highest BCUT2D eigenvalue weighted by molar-refractivity contribution is 5.87. The summed E-state index contributed by atoms with van der Waals surface area (Å²) >= 11 is 0. The summed E-state index contributed by atoms with van der Waals surface area (Å²) in [6.07, 6.45) is 8.03. The summed E-state index contributed by atoms with van der Waals surface area (Å²) in [4.78, 5) is 12.0. The number of hydrogen-bond donors (Lipinski definition) is 2. The second-order valence-electron chi connectivity index (χ2n) is 9.98. The Morgan fingerprint density at radius 1 is 0.861 bits per heavy atom. The van der Waals surface area contributed by atoms with Crippen LogP contribution in [-0.2, 0) is 19.0 Å². The van der Waals surface area contributed by atoms with E-state index in [9.17, 15) is 18.7 Å². The zero-order chi connectivity index (χ0) is 26.5. The maximum absolute atomic E-state index is 12.1. The SMILES string of the molecule is C=C(CO)C(=C)OCC(COC(=O)C(=C)CO)C1CCC(C2CCC(OCCC=C(F)F)CC2)CC1. The highest BCUT2D eigenvalue weighted by Gasteiger charge is 2.34. The Kier molecular flexibility index (Phi) is 13.4. The molecule has 0 saturated heterocycles. The standard InChI is InChI=1S/C28H42F2O6/c1-19(15-31)21(3)35-17-25(18-36-28(33)20(2)16-32)24-8-6-22(7-9-24)23-10-12-26(13-11-23)34-14-4-5-27(29)30/h5,22-26,31-32H,1-4,6-18H2. The topological polar surface area (TPSA) is 85.2 Å². The molecular weight excluding hydrogens is 470 g/mol. The highest BCUT2D eigenvalue weighted by atomic mass is 19.3. The van der Waals surface area contributed by atoms with E-state index in [1.807, 2.05) is 0 Å². The molecule has 2 aliphatic rings. The number of aliphatic hydroxyl groups excluding tert-OH is 2.